The van der Waals surface area contributed by atoms with E-state index in [1.165, 1.54) is 0 Å². The molecule has 0 fully saturated rings. The summed E-state index contributed by atoms with van der Waals surface area (Å²) in [5, 5.41) is 9.54. The Bertz CT molecular complexity index is 808. The van der Waals surface area contributed by atoms with E-state index in [1.807, 2.05) is 37.3 Å². The zero-order valence-electron chi connectivity index (χ0n) is 14.5. The number of hydrogen-bond donors (Lipinski definition) is 3. The van der Waals surface area contributed by atoms with Gasteiger partial charge in [-0.2, -0.15) is 0 Å². The average Bonchev–Trinajstić information content (AvgIpc) is 3.10. The van der Waals surface area contributed by atoms with Gasteiger partial charge in [0.25, 0.3) is 0 Å². The standard InChI is InChI=1S/C19H21ClN4O.ClH/c1-13-5-7-16(12-17(13)20)24-19(25)23-15-4-2-3-14(11-15)6-8-18-21-9-10-22-18;/h2-5,7,11-12H,6,8-10H2,1H3,(H,21,22)(H2,23,24,25);1H. The summed E-state index contributed by atoms with van der Waals surface area (Å²) < 4.78 is 0. The van der Waals surface area contributed by atoms with E-state index in [0.717, 1.165) is 48.6 Å². The van der Waals surface area contributed by atoms with Crippen molar-refractivity contribution in [2.75, 3.05) is 23.7 Å². The number of nitrogens with one attached hydrogen (secondary N) is 3. The minimum absolute atomic E-state index is 0. The van der Waals surface area contributed by atoms with Gasteiger partial charge in [-0.25, -0.2) is 4.79 Å². The molecule has 2 aromatic carbocycles. The minimum atomic E-state index is -0.293. The molecule has 1 aliphatic rings. The number of aryl methyl sites for hydroxylation is 2. The van der Waals surface area contributed by atoms with Gasteiger partial charge in [-0.05, 0) is 48.7 Å². The summed E-state index contributed by atoms with van der Waals surface area (Å²) in [4.78, 5) is 16.6. The van der Waals surface area contributed by atoms with Crippen LogP contribution >= 0.6 is 24.0 Å². The Morgan fingerprint density at radius 3 is 2.62 bits per heavy atom. The number of aliphatic imine (C=N–C) groups is 1. The Morgan fingerprint density at radius 1 is 1.15 bits per heavy atom. The first-order valence-electron chi connectivity index (χ1n) is 8.30. The third-order valence-electron chi connectivity index (χ3n) is 4.01. The van der Waals surface area contributed by atoms with Crippen LogP contribution in [0, 0.1) is 6.92 Å². The molecule has 0 saturated heterocycles. The van der Waals surface area contributed by atoms with Crippen molar-refractivity contribution in [1.29, 1.82) is 0 Å². The quantitative estimate of drug-likeness (QED) is 0.693. The average molecular weight is 393 g/mol. The molecule has 2 aromatic rings. The molecule has 3 N–H and O–H groups in total. The molecule has 0 atom stereocenters. The number of amidine groups is 1. The largest absolute Gasteiger partial charge is 0.372 e. The number of carbonyl (C=O) groups is 1. The van der Waals surface area contributed by atoms with Crippen molar-refractivity contribution in [2.45, 2.75) is 19.8 Å². The molecule has 0 aromatic heterocycles. The van der Waals surface area contributed by atoms with E-state index in [9.17, 15) is 4.79 Å². The van der Waals surface area contributed by atoms with Crippen LogP contribution in [0.15, 0.2) is 47.5 Å². The van der Waals surface area contributed by atoms with Gasteiger partial charge in [-0.1, -0.05) is 29.8 Å². The smallest absolute Gasteiger partial charge is 0.323 e. The molecule has 0 radical (unpaired) electrons. The Balaban J connectivity index is 0.00000243. The zero-order valence-corrected chi connectivity index (χ0v) is 16.1. The van der Waals surface area contributed by atoms with Gasteiger partial charge in [-0.3, -0.25) is 4.99 Å². The second-order valence-corrected chi connectivity index (χ2v) is 6.41. The lowest BCUT2D eigenvalue weighted by Gasteiger charge is -2.10. The van der Waals surface area contributed by atoms with Crippen molar-refractivity contribution in [3.8, 4) is 0 Å². The summed E-state index contributed by atoms with van der Waals surface area (Å²) >= 11 is 6.08. The van der Waals surface area contributed by atoms with Crippen LogP contribution in [0.2, 0.25) is 5.02 Å². The van der Waals surface area contributed by atoms with Gasteiger partial charge >= 0.3 is 6.03 Å². The molecule has 138 valence electrons. The summed E-state index contributed by atoms with van der Waals surface area (Å²) in [6.45, 7) is 3.71. The molecule has 2 amide bonds. The van der Waals surface area contributed by atoms with Crippen molar-refractivity contribution in [3.63, 3.8) is 0 Å². The molecule has 0 aliphatic carbocycles. The molecule has 3 rings (SSSR count). The molecule has 1 aliphatic heterocycles. The highest BCUT2D eigenvalue weighted by Gasteiger charge is 2.07. The molecule has 0 unspecified atom stereocenters. The Labute approximate surface area is 164 Å². The van der Waals surface area contributed by atoms with E-state index < -0.39 is 0 Å². The topological polar surface area (TPSA) is 65.5 Å². The van der Waals surface area contributed by atoms with E-state index >= 15 is 0 Å². The predicted octanol–water partition coefficient (Wildman–Crippen LogP) is 4.65. The van der Waals surface area contributed by atoms with Gasteiger partial charge in [0.1, 0.15) is 0 Å². The highest BCUT2D eigenvalue weighted by atomic mass is 35.5. The van der Waals surface area contributed by atoms with Crippen LogP contribution in [0.5, 0.6) is 0 Å². The lowest BCUT2D eigenvalue weighted by atomic mass is 10.1. The summed E-state index contributed by atoms with van der Waals surface area (Å²) in [6.07, 6.45) is 1.77. The number of carbonyl (C=O) groups excluding carboxylic acids is 1. The Hall–Kier alpha value is -2.24. The monoisotopic (exact) mass is 392 g/mol. The Kier molecular flexibility index (Phi) is 7.30. The zero-order chi connectivity index (χ0) is 17.6. The van der Waals surface area contributed by atoms with Gasteiger partial charge in [0.2, 0.25) is 0 Å². The summed E-state index contributed by atoms with van der Waals surface area (Å²) in [5.74, 6) is 1.06. The first kappa shape index (κ1) is 20.1. The second kappa shape index (κ2) is 9.46. The van der Waals surface area contributed by atoms with Crippen LogP contribution in [0.4, 0.5) is 16.2 Å². The number of amides is 2. The third kappa shape index (κ3) is 5.64. The van der Waals surface area contributed by atoms with Crippen LogP contribution in [0.1, 0.15) is 17.5 Å². The number of hydrogen-bond acceptors (Lipinski definition) is 3. The molecule has 1 heterocycles. The number of urea groups is 1. The fraction of sp³-hybridized carbons (Fsp3) is 0.263. The van der Waals surface area contributed by atoms with Crippen molar-refractivity contribution in [1.82, 2.24) is 5.32 Å². The maximum absolute atomic E-state index is 12.2. The van der Waals surface area contributed by atoms with Crippen molar-refractivity contribution >= 4 is 47.2 Å². The molecule has 7 heteroatoms. The number of halogens is 2. The van der Waals surface area contributed by atoms with Gasteiger partial charge in [0.15, 0.2) is 0 Å². The lowest BCUT2D eigenvalue weighted by molar-refractivity contribution is 0.262. The van der Waals surface area contributed by atoms with E-state index in [1.54, 1.807) is 6.07 Å². The predicted molar refractivity (Wildman–Crippen MR) is 111 cm³/mol. The second-order valence-electron chi connectivity index (χ2n) is 6.00. The van der Waals surface area contributed by atoms with E-state index in [4.69, 9.17) is 11.6 Å². The van der Waals surface area contributed by atoms with E-state index in [-0.39, 0.29) is 18.4 Å². The Morgan fingerprint density at radius 2 is 1.92 bits per heavy atom. The van der Waals surface area contributed by atoms with Crippen LogP contribution in [-0.2, 0) is 6.42 Å². The van der Waals surface area contributed by atoms with Crippen molar-refractivity contribution in [3.05, 3.63) is 58.6 Å². The van der Waals surface area contributed by atoms with E-state index in [2.05, 4.69) is 27.0 Å². The number of anilines is 2. The molecule has 26 heavy (non-hydrogen) atoms. The summed E-state index contributed by atoms with van der Waals surface area (Å²) in [6, 6.07) is 13.0. The van der Waals surface area contributed by atoms with Crippen molar-refractivity contribution in [2.24, 2.45) is 4.99 Å². The molecule has 0 spiro atoms. The normalized spacial score (nSPS) is 12.6. The molecular weight excluding hydrogens is 371 g/mol. The SMILES string of the molecule is Cc1ccc(NC(=O)Nc2cccc(CCC3=NCCN3)c2)cc1Cl.Cl. The molecule has 0 saturated carbocycles. The molecule has 5 nitrogen and oxygen atoms in total. The van der Waals surface area contributed by atoms with Crippen LogP contribution in [0.3, 0.4) is 0 Å². The third-order valence-corrected chi connectivity index (χ3v) is 4.42. The fourth-order valence-electron chi connectivity index (χ4n) is 2.65. The number of benzene rings is 2. The van der Waals surface area contributed by atoms with Gasteiger partial charge in [0, 0.05) is 29.4 Å². The van der Waals surface area contributed by atoms with Crippen LogP contribution < -0.4 is 16.0 Å². The minimum Gasteiger partial charge on any atom is -0.372 e. The highest BCUT2D eigenvalue weighted by molar-refractivity contribution is 6.31. The van der Waals surface area contributed by atoms with E-state index in [0.29, 0.717) is 10.7 Å². The van der Waals surface area contributed by atoms with Gasteiger partial charge < -0.3 is 16.0 Å². The maximum Gasteiger partial charge on any atom is 0.323 e. The van der Waals surface area contributed by atoms with Gasteiger partial charge in [-0.15, -0.1) is 12.4 Å². The fourth-order valence-corrected chi connectivity index (χ4v) is 2.83. The van der Waals surface area contributed by atoms with Crippen molar-refractivity contribution < 1.29 is 4.79 Å². The summed E-state index contributed by atoms with van der Waals surface area (Å²) in [5.41, 5.74) is 3.55. The first-order valence-corrected chi connectivity index (χ1v) is 8.68. The highest BCUT2D eigenvalue weighted by Crippen LogP contribution is 2.20. The van der Waals surface area contributed by atoms with Gasteiger partial charge in [0.05, 0.1) is 12.4 Å². The van der Waals surface area contributed by atoms with Crippen LogP contribution in [0.25, 0.3) is 0 Å². The first-order chi connectivity index (χ1) is 12.1. The molecular formula is C19H22Cl2N4O. The number of nitrogens with zero attached hydrogens (tertiary/aromatic N) is 1. The molecule has 0 bridgehead atoms. The maximum atomic E-state index is 12.2. The lowest BCUT2D eigenvalue weighted by Crippen LogP contribution is -2.20. The van der Waals surface area contributed by atoms with Crippen LogP contribution in [-0.4, -0.2) is 25.0 Å². The number of rotatable bonds is 5. The summed E-state index contributed by atoms with van der Waals surface area (Å²) in [7, 11) is 0.